The molecule has 0 bridgehead atoms. The molecular formula is C31H28Cl2I2N4O7. The Morgan fingerprint density at radius 1 is 1.04 bits per heavy atom. The second-order valence-corrected chi connectivity index (χ2v) is 12.8. The number of esters is 1. The van der Waals surface area contributed by atoms with E-state index in [-0.39, 0.29) is 31.1 Å². The molecule has 0 radical (unpaired) electrons. The fourth-order valence-corrected chi connectivity index (χ4v) is 6.74. The molecule has 1 heterocycles. The van der Waals surface area contributed by atoms with Crippen LogP contribution in [0.4, 0.5) is 4.79 Å². The summed E-state index contributed by atoms with van der Waals surface area (Å²) in [6.07, 6.45) is 1.49. The predicted octanol–water partition coefficient (Wildman–Crippen LogP) is 6.51. The molecule has 4 rings (SSSR count). The molecule has 1 aliphatic heterocycles. The zero-order chi connectivity index (χ0) is 33.4. The number of nitrogens with zero attached hydrogens (tertiary/aromatic N) is 1. The first kappa shape index (κ1) is 35.6. The fourth-order valence-electron chi connectivity index (χ4n) is 4.37. The van der Waals surface area contributed by atoms with Crippen LogP contribution in [0.2, 0.25) is 10.0 Å². The van der Waals surface area contributed by atoms with Crippen molar-refractivity contribution in [1.29, 1.82) is 0 Å². The third-order valence-electron chi connectivity index (χ3n) is 6.44. The van der Waals surface area contributed by atoms with Crippen LogP contribution in [0.1, 0.15) is 36.6 Å². The summed E-state index contributed by atoms with van der Waals surface area (Å²) in [5.74, 6) is 0.0786. The predicted molar refractivity (Wildman–Crippen MR) is 191 cm³/mol. The number of carbonyl (C=O) groups is 3. The molecule has 0 saturated heterocycles. The standard InChI is InChI=1S/C31H28Cl2I2N4O7/c1-4-44-30(41)27-16(2)37-31(42)38-28(27)18-6-8-24(25(11-18)43-3)45-15-26(40)39-36-13-19-10-20(34)12-23(35)29(19)46-14-17-5-7-21(32)22(33)9-17/h5-13,28H,4,14-15H2,1-3H3,(H,39,40)(H2,37,38,42)/b36-13+/t28-/m1/s1. The molecule has 1 atom stereocenters. The fraction of sp³-hybridized carbons (Fsp3) is 0.226. The van der Waals surface area contributed by atoms with E-state index in [0.29, 0.717) is 38.4 Å². The van der Waals surface area contributed by atoms with Gasteiger partial charge in [-0.2, -0.15) is 5.10 Å². The lowest BCUT2D eigenvalue weighted by molar-refractivity contribution is -0.139. The second kappa shape index (κ2) is 16.5. The molecule has 0 spiro atoms. The molecule has 46 heavy (non-hydrogen) atoms. The second-order valence-electron chi connectivity index (χ2n) is 9.63. The third kappa shape index (κ3) is 9.17. The lowest BCUT2D eigenvalue weighted by Crippen LogP contribution is -2.45. The van der Waals surface area contributed by atoms with Crippen molar-refractivity contribution in [2.24, 2.45) is 5.10 Å². The topological polar surface area (TPSA) is 137 Å². The number of ether oxygens (including phenoxy) is 4. The number of allylic oxidation sites excluding steroid dienone is 1. The summed E-state index contributed by atoms with van der Waals surface area (Å²) in [6.45, 7) is 3.38. The van der Waals surface area contributed by atoms with Gasteiger partial charge in [-0.1, -0.05) is 35.3 Å². The number of hydrazone groups is 1. The molecule has 3 amide bonds. The van der Waals surface area contributed by atoms with Gasteiger partial charge in [-0.05, 0) is 107 Å². The molecule has 0 unspecified atom stereocenters. The first-order chi connectivity index (χ1) is 22.0. The summed E-state index contributed by atoms with van der Waals surface area (Å²) in [5.41, 5.74) is 5.16. The van der Waals surface area contributed by atoms with Gasteiger partial charge in [0.1, 0.15) is 12.4 Å². The van der Waals surface area contributed by atoms with Crippen LogP contribution in [-0.4, -0.2) is 44.4 Å². The monoisotopic (exact) mass is 892 g/mol. The van der Waals surface area contributed by atoms with Gasteiger partial charge >= 0.3 is 12.0 Å². The van der Waals surface area contributed by atoms with Gasteiger partial charge in [0, 0.05) is 14.8 Å². The number of benzene rings is 3. The molecule has 242 valence electrons. The highest BCUT2D eigenvalue weighted by atomic mass is 127. The molecule has 0 saturated carbocycles. The van der Waals surface area contributed by atoms with Crippen molar-refractivity contribution in [3.05, 3.63) is 93.7 Å². The highest BCUT2D eigenvalue weighted by Crippen LogP contribution is 2.35. The summed E-state index contributed by atoms with van der Waals surface area (Å²) in [6, 6.07) is 12.7. The highest BCUT2D eigenvalue weighted by Gasteiger charge is 2.32. The number of halogens is 4. The summed E-state index contributed by atoms with van der Waals surface area (Å²) in [4.78, 5) is 37.4. The maximum Gasteiger partial charge on any atom is 0.338 e. The van der Waals surface area contributed by atoms with Crippen molar-refractivity contribution in [3.63, 3.8) is 0 Å². The van der Waals surface area contributed by atoms with Crippen LogP contribution >= 0.6 is 68.4 Å². The lowest BCUT2D eigenvalue weighted by atomic mass is 9.95. The molecular weight excluding hydrogens is 865 g/mol. The number of hydrogen-bond acceptors (Lipinski definition) is 8. The van der Waals surface area contributed by atoms with E-state index in [9.17, 15) is 14.4 Å². The molecule has 0 fully saturated rings. The van der Waals surface area contributed by atoms with Crippen molar-refractivity contribution in [3.8, 4) is 17.2 Å². The van der Waals surface area contributed by atoms with Crippen LogP contribution in [0, 0.1) is 7.14 Å². The largest absolute Gasteiger partial charge is 0.493 e. The van der Waals surface area contributed by atoms with E-state index in [1.165, 1.54) is 13.3 Å². The van der Waals surface area contributed by atoms with E-state index >= 15 is 0 Å². The number of hydrogen-bond donors (Lipinski definition) is 3. The quantitative estimate of drug-likeness (QED) is 0.0817. The van der Waals surface area contributed by atoms with Gasteiger partial charge < -0.3 is 29.6 Å². The minimum Gasteiger partial charge on any atom is -0.493 e. The van der Waals surface area contributed by atoms with Crippen LogP contribution in [0.5, 0.6) is 17.2 Å². The number of rotatable bonds is 12. The highest BCUT2D eigenvalue weighted by molar-refractivity contribution is 14.1. The van der Waals surface area contributed by atoms with Crippen molar-refractivity contribution in [1.82, 2.24) is 16.1 Å². The zero-order valence-corrected chi connectivity index (χ0v) is 30.5. The van der Waals surface area contributed by atoms with Gasteiger partial charge in [0.05, 0.1) is 45.2 Å². The van der Waals surface area contributed by atoms with Crippen molar-refractivity contribution >= 4 is 92.5 Å². The summed E-state index contributed by atoms with van der Waals surface area (Å²) in [5, 5.41) is 10.3. The molecule has 15 heteroatoms. The summed E-state index contributed by atoms with van der Waals surface area (Å²) >= 11 is 16.5. The number of methoxy groups -OCH3 is 1. The van der Waals surface area contributed by atoms with Crippen molar-refractivity contribution < 1.29 is 33.3 Å². The average Bonchev–Trinajstić information content (AvgIpc) is 3.00. The van der Waals surface area contributed by atoms with E-state index in [0.717, 1.165) is 12.7 Å². The van der Waals surface area contributed by atoms with Crippen molar-refractivity contribution in [2.75, 3.05) is 20.3 Å². The first-order valence-corrected chi connectivity index (χ1v) is 16.6. The van der Waals surface area contributed by atoms with Crippen LogP contribution in [0.15, 0.2) is 64.9 Å². The Kier molecular flexibility index (Phi) is 12.8. The Morgan fingerprint density at radius 2 is 1.83 bits per heavy atom. The van der Waals surface area contributed by atoms with Crippen molar-refractivity contribution in [2.45, 2.75) is 26.5 Å². The Hall–Kier alpha value is -3.28. The van der Waals surface area contributed by atoms with Gasteiger partial charge in [0.25, 0.3) is 5.91 Å². The smallest absolute Gasteiger partial charge is 0.338 e. The number of urea groups is 1. The minimum absolute atomic E-state index is 0.178. The number of amides is 3. The van der Waals surface area contributed by atoms with Gasteiger partial charge in [-0.25, -0.2) is 15.0 Å². The van der Waals surface area contributed by atoms with Crippen LogP contribution < -0.4 is 30.3 Å². The van der Waals surface area contributed by atoms with E-state index in [1.807, 2.05) is 18.2 Å². The Labute approximate surface area is 302 Å². The Balaban J connectivity index is 1.41. The maximum atomic E-state index is 12.6. The Bertz CT molecular complexity index is 1720. The minimum atomic E-state index is -0.782. The number of nitrogens with one attached hydrogen (secondary N) is 3. The molecule has 3 aromatic rings. The third-order valence-corrected chi connectivity index (χ3v) is 8.60. The van der Waals surface area contributed by atoms with E-state index < -0.39 is 23.9 Å². The average molecular weight is 893 g/mol. The molecule has 0 aromatic heterocycles. The molecule has 1 aliphatic rings. The summed E-state index contributed by atoms with van der Waals surface area (Å²) < 4.78 is 24.3. The van der Waals surface area contributed by atoms with Crippen LogP contribution in [0.25, 0.3) is 0 Å². The van der Waals surface area contributed by atoms with Gasteiger partial charge in [0.2, 0.25) is 0 Å². The van der Waals surface area contributed by atoms with E-state index in [1.54, 1.807) is 44.2 Å². The molecule has 0 aliphatic carbocycles. The molecule has 3 N–H and O–H groups in total. The van der Waals surface area contributed by atoms with E-state index in [4.69, 9.17) is 42.1 Å². The summed E-state index contributed by atoms with van der Waals surface area (Å²) in [7, 11) is 1.44. The van der Waals surface area contributed by atoms with E-state index in [2.05, 4.69) is 66.3 Å². The molecule has 3 aromatic carbocycles. The normalized spacial score (nSPS) is 14.4. The number of carbonyl (C=O) groups excluding carboxylic acids is 3. The van der Waals surface area contributed by atoms with Gasteiger partial charge in [-0.15, -0.1) is 0 Å². The molecule has 11 nitrogen and oxygen atoms in total. The Morgan fingerprint density at radius 3 is 2.54 bits per heavy atom. The van der Waals surface area contributed by atoms with Crippen LogP contribution in [-0.2, 0) is 20.9 Å². The van der Waals surface area contributed by atoms with Gasteiger partial charge in [-0.3, -0.25) is 4.79 Å². The maximum absolute atomic E-state index is 12.6. The SMILES string of the molecule is CCOC(=O)C1=C(C)NC(=O)N[C@@H]1c1ccc(OCC(=O)N/N=C/c2cc(I)cc(I)c2OCc2ccc(Cl)c(Cl)c2)c(OC)c1. The first-order valence-electron chi connectivity index (χ1n) is 13.6. The van der Waals surface area contributed by atoms with Crippen LogP contribution in [0.3, 0.4) is 0 Å². The zero-order valence-electron chi connectivity index (χ0n) is 24.7. The lowest BCUT2D eigenvalue weighted by Gasteiger charge is -2.28. The van der Waals surface area contributed by atoms with Gasteiger partial charge in [0.15, 0.2) is 18.1 Å².